The lowest BCUT2D eigenvalue weighted by molar-refractivity contribution is -0.188. The molecule has 1 saturated heterocycles. The number of likely N-dealkylation sites (tertiary alicyclic amines) is 1. The van der Waals surface area contributed by atoms with Gasteiger partial charge in [-0.3, -0.25) is 9.69 Å². The standard InChI is InChI=1S/C20H23NO3/c22-14-6-7-20(23)16-10-13-2-1-3-15-17(13)19(20,18(14)24-15)8-9-21(16)11-12-4-5-12/h1-3,12,16,18,23H,4-11H2/t16-,18+,19+,20-/m1/s1. The van der Waals surface area contributed by atoms with Gasteiger partial charge in [-0.2, -0.15) is 0 Å². The Morgan fingerprint density at radius 2 is 2.17 bits per heavy atom. The molecule has 2 heterocycles. The lowest BCUT2D eigenvalue weighted by Crippen LogP contribution is -2.76. The molecule has 2 saturated carbocycles. The molecule has 1 aromatic rings. The first-order chi connectivity index (χ1) is 11.6. The molecule has 0 amide bonds. The fourth-order valence-corrected chi connectivity index (χ4v) is 6.23. The molecule has 1 aromatic carbocycles. The van der Waals surface area contributed by atoms with Gasteiger partial charge in [0.15, 0.2) is 11.9 Å². The molecule has 1 spiro atoms. The number of ether oxygens (including phenoxy) is 1. The largest absolute Gasteiger partial charge is 0.481 e. The summed E-state index contributed by atoms with van der Waals surface area (Å²) < 4.78 is 6.16. The van der Waals surface area contributed by atoms with Crippen molar-refractivity contribution in [3.05, 3.63) is 29.3 Å². The number of nitrogens with zero attached hydrogens (tertiary/aromatic N) is 1. The number of carbonyl (C=O) groups excluding carboxylic acids is 1. The molecular weight excluding hydrogens is 302 g/mol. The zero-order chi connectivity index (χ0) is 16.1. The van der Waals surface area contributed by atoms with Gasteiger partial charge in [0.05, 0.1) is 11.0 Å². The fraction of sp³-hybridized carbons (Fsp3) is 0.650. The van der Waals surface area contributed by atoms with E-state index in [1.807, 2.05) is 12.1 Å². The van der Waals surface area contributed by atoms with Crippen molar-refractivity contribution in [2.24, 2.45) is 5.92 Å². The van der Waals surface area contributed by atoms with Crippen molar-refractivity contribution in [2.75, 3.05) is 13.1 Å². The van der Waals surface area contributed by atoms with Crippen LogP contribution in [0.5, 0.6) is 5.75 Å². The van der Waals surface area contributed by atoms with E-state index in [0.717, 1.165) is 43.2 Å². The molecular formula is C20H23NO3. The minimum Gasteiger partial charge on any atom is -0.481 e. The Bertz CT molecular complexity index is 757. The van der Waals surface area contributed by atoms with Gasteiger partial charge in [-0.05, 0) is 56.2 Å². The van der Waals surface area contributed by atoms with Gasteiger partial charge >= 0.3 is 0 Å². The van der Waals surface area contributed by atoms with Crippen LogP contribution < -0.4 is 4.74 Å². The van der Waals surface area contributed by atoms with Crippen LogP contribution in [0.4, 0.5) is 0 Å². The first-order valence-corrected chi connectivity index (χ1v) is 9.42. The first-order valence-electron chi connectivity index (χ1n) is 9.42. The lowest BCUT2D eigenvalue weighted by atomic mass is 9.49. The van der Waals surface area contributed by atoms with Crippen LogP contribution in [0.2, 0.25) is 0 Å². The van der Waals surface area contributed by atoms with Crippen molar-refractivity contribution < 1.29 is 14.6 Å². The SMILES string of the molecule is O=C1CC[C@@]2(O)[C@H]3Cc4cccc5c4[C@@]2(CCN3CC2CC2)[C@H]1O5. The Balaban J connectivity index is 1.56. The second kappa shape index (κ2) is 4.23. The van der Waals surface area contributed by atoms with E-state index in [4.69, 9.17) is 4.74 Å². The summed E-state index contributed by atoms with van der Waals surface area (Å²) in [5.74, 6) is 1.84. The molecule has 4 nitrogen and oxygen atoms in total. The Hall–Kier alpha value is -1.39. The zero-order valence-electron chi connectivity index (χ0n) is 13.8. The van der Waals surface area contributed by atoms with Gasteiger partial charge in [-0.1, -0.05) is 12.1 Å². The fourth-order valence-electron chi connectivity index (χ4n) is 6.23. The second-order valence-electron chi connectivity index (χ2n) is 8.56. The Morgan fingerprint density at radius 1 is 1.29 bits per heavy atom. The Kier molecular flexibility index (Phi) is 2.44. The molecule has 2 aliphatic heterocycles. The molecule has 4 heteroatoms. The molecule has 6 rings (SSSR count). The predicted octanol–water partition coefficient (Wildman–Crippen LogP) is 1.82. The third kappa shape index (κ3) is 1.42. The number of benzene rings is 1. The number of hydrogen-bond acceptors (Lipinski definition) is 4. The molecule has 0 unspecified atom stereocenters. The van der Waals surface area contributed by atoms with Crippen LogP contribution in [0.15, 0.2) is 18.2 Å². The highest BCUT2D eigenvalue weighted by Gasteiger charge is 2.72. The average molecular weight is 325 g/mol. The molecule has 3 aliphatic carbocycles. The molecule has 0 aromatic heterocycles. The zero-order valence-corrected chi connectivity index (χ0v) is 13.8. The predicted molar refractivity (Wildman–Crippen MR) is 88.1 cm³/mol. The summed E-state index contributed by atoms with van der Waals surface area (Å²) in [5.41, 5.74) is 1.13. The first kappa shape index (κ1) is 13.9. The summed E-state index contributed by atoms with van der Waals surface area (Å²) in [6.45, 7) is 2.09. The maximum atomic E-state index is 12.7. The lowest BCUT2D eigenvalue weighted by Gasteiger charge is -2.62. The molecule has 0 radical (unpaired) electrons. The third-order valence-electron chi connectivity index (χ3n) is 7.46. The number of Topliss-reactive ketones (excluding diaryl/α,β-unsaturated/α-hetero) is 1. The molecule has 1 N–H and O–H groups in total. The minimum absolute atomic E-state index is 0.131. The average Bonchev–Trinajstić information content (AvgIpc) is 3.31. The van der Waals surface area contributed by atoms with Gasteiger partial charge in [-0.15, -0.1) is 0 Å². The van der Waals surface area contributed by atoms with Crippen molar-refractivity contribution in [3.8, 4) is 5.75 Å². The normalized spacial score (nSPS) is 42.6. The van der Waals surface area contributed by atoms with Crippen molar-refractivity contribution >= 4 is 5.78 Å². The van der Waals surface area contributed by atoms with Crippen molar-refractivity contribution in [1.82, 2.24) is 4.90 Å². The van der Waals surface area contributed by atoms with Crippen LogP contribution in [0.25, 0.3) is 0 Å². The molecule has 126 valence electrons. The molecule has 5 aliphatic rings. The van der Waals surface area contributed by atoms with Crippen LogP contribution in [0.1, 0.15) is 43.2 Å². The molecule has 2 bridgehead atoms. The van der Waals surface area contributed by atoms with Crippen LogP contribution >= 0.6 is 0 Å². The summed E-state index contributed by atoms with van der Waals surface area (Å²) in [5, 5.41) is 12.0. The molecule has 4 atom stereocenters. The van der Waals surface area contributed by atoms with Gasteiger partial charge in [-0.25, -0.2) is 0 Å². The number of aliphatic hydroxyl groups is 1. The number of piperidine rings is 1. The van der Waals surface area contributed by atoms with Crippen molar-refractivity contribution in [3.63, 3.8) is 0 Å². The van der Waals surface area contributed by atoms with Crippen molar-refractivity contribution in [2.45, 2.75) is 61.7 Å². The highest BCUT2D eigenvalue weighted by molar-refractivity contribution is 5.89. The van der Waals surface area contributed by atoms with E-state index in [0.29, 0.717) is 12.8 Å². The van der Waals surface area contributed by atoms with Gasteiger partial charge in [0.1, 0.15) is 5.75 Å². The van der Waals surface area contributed by atoms with Gasteiger partial charge < -0.3 is 9.84 Å². The molecule has 3 fully saturated rings. The minimum atomic E-state index is -0.821. The van der Waals surface area contributed by atoms with Crippen LogP contribution in [-0.2, 0) is 16.6 Å². The van der Waals surface area contributed by atoms with Crippen LogP contribution in [-0.4, -0.2) is 46.6 Å². The summed E-state index contributed by atoms with van der Waals surface area (Å²) in [7, 11) is 0. The van der Waals surface area contributed by atoms with E-state index < -0.39 is 17.1 Å². The number of ketones is 1. The molecule has 24 heavy (non-hydrogen) atoms. The van der Waals surface area contributed by atoms with Crippen LogP contribution in [0.3, 0.4) is 0 Å². The summed E-state index contributed by atoms with van der Waals surface area (Å²) in [6, 6.07) is 6.33. The van der Waals surface area contributed by atoms with E-state index in [-0.39, 0.29) is 11.8 Å². The topological polar surface area (TPSA) is 49.8 Å². The van der Waals surface area contributed by atoms with E-state index >= 15 is 0 Å². The van der Waals surface area contributed by atoms with Crippen molar-refractivity contribution in [1.29, 1.82) is 0 Å². The summed E-state index contributed by atoms with van der Waals surface area (Å²) in [4.78, 5) is 15.2. The number of rotatable bonds is 2. The number of carbonyl (C=O) groups is 1. The highest BCUT2D eigenvalue weighted by Crippen LogP contribution is 2.63. The number of hydrogen-bond donors (Lipinski definition) is 1. The smallest absolute Gasteiger partial charge is 0.174 e. The van der Waals surface area contributed by atoms with E-state index in [1.54, 1.807) is 0 Å². The van der Waals surface area contributed by atoms with Crippen LogP contribution in [0, 0.1) is 5.92 Å². The Morgan fingerprint density at radius 3 is 3.00 bits per heavy atom. The quantitative estimate of drug-likeness (QED) is 0.901. The maximum absolute atomic E-state index is 12.7. The van der Waals surface area contributed by atoms with E-state index in [1.165, 1.54) is 18.4 Å². The highest BCUT2D eigenvalue weighted by atomic mass is 16.5. The maximum Gasteiger partial charge on any atom is 0.174 e. The van der Waals surface area contributed by atoms with Gasteiger partial charge in [0.25, 0.3) is 0 Å². The van der Waals surface area contributed by atoms with Gasteiger partial charge in [0.2, 0.25) is 0 Å². The van der Waals surface area contributed by atoms with E-state index in [9.17, 15) is 9.90 Å². The Labute approximate surface area is 141 Å². The monoisotopic (exact) mass is 325 g/mol. The third-order valence-corrected chi connectivity index (χ3v) is 7.46. The summed E-state index contributed by atoms with van der Waals surface area (Å²) >= 11 is 0. The summed E-state index contributed by atoms with van der Waals surface area (Å²) in [6.07, 6.45) is 4.95. The van der Waals surface area contributed by atoms with E-state index in [2.05, 4.69) is 11.0 Å². The van der Waals surface area contributed by atoms with Gasteiger partial charge in [0, 0.05) is 24.6 Å². The second-order valence-corrected chi connectivity index (χ2v) is 8.56.